The van der Waals surface area contributed by atoms with Gasteiger partial charge in [-0.1, -0.05) is 38.3 Å². The average molecular weight is 310 g/mol. The molecule has 1 aliphatic heterocycles. The standard InChI is InChI=1S/C16H24ClN3O/c1-10(2)15-18-14(17)11(3)16(19-15)20-8-9-21-13-7-5-4-6-12(13)20/h10,12-13H,4-9H2,1-3H3. The van der Waals surface area contributed by atoms with E-state index in [1.54, 1.807) is 0 Å². The molecule has 1 saturated heterocycles. The molecule has 5 heteroatoms. The van der Waals surface area contributed by atoms with E-state index in [-0.39, 0.29) is 5.92 Å². The third kappa shape index (κ3) is 2.88. The number of ether oxygens (including phenoxy) is 1. The number of rotatable bonds is 2. The van der Waals surface area contributed by atoms with Gasteiger partial charge in [0.2, 0.25) is 0 Å². The van der Waals surface area contributed by atoms with E-state index < -0.39 is 0 Å². The maximum Gasteiger partial charge on any atom is 0.137 e. The van der Waals surface area contributed by atoms with E-state index in [9.17, 15) is 0 Å². The number of morpholine rings is 1. The number of fused-ring (bicyclic) bond motifs is 1. The van der Waals surface area contributed by atoms with Crippen LogP contribution < -0.4 is 4.90 Å². The minimum atomic E-state index is 0.282. The lowest BCUT2D eigenvalue weighted by atomic mass is 9.90. The molecule has 2 aliphatic rings. The first-order valence-electron chi connectivity index (χ1n) is 8.00. The van der Waals surface area contributed by atoms with Crippen molar-refractivity contribution in [1.82, 2.24) is 9.97 Å². The molecule has 4 nitrogen and oxygen atoms in total. The SMILES string of the molecule is Cc1c(Cl)nc(C(C)C)nc1N1CCOC2CCCCC21. The molecule has 1 saturated carbocycles. The lowest BCUT2D eigenvalue weighted by Gasteiger charge is -2.45. The van der Waals surface area contributed by atoms with E-state index >= 15 is 0 Å². The molecule has 3 rings (SSSR count). The van der Waals surface area contributed by atoms with Crippen LogP contribution in [0.5, 0.6) is 0 Å². The van der Waals surface area contributed by atoms with Crippen LogP contribution in [0.4, 0.5) is 5.82 Å². The van der Waals surface area contributed by atoms with Crippen molar-refractivity contribution in [3.05, 3.63) is 16.5 Å². The van der Waals surface area contributed by atoms with Gasteiger partial charge in [0.1, 0.15) is 16.8 Å². The lowest BCUT2D eigenvalue weighted by Crippen LogP contribution is -2.53. The molecule has 0 N–H and O–H groups in total. The van der Waals surface area contributed by atoms with Crippen molar-refractivity contribution < 1.29 is 4.74 Å². The summed E-state index contributed by atoms with van der Waals surface area (Å²) in [6.45, 7) is 7.90. The average Bonchev–Trinajstić information content (AvgIpc) is 2.49. The van der Waals surface area contributed by atoms with E-state index in [2.05, 4.69) is 23.7 Å². The normalized spacial score (nSPS) is 26.0. The molecule has 21 heavy (non-hydrogen) atoms. The van der Waals surface area contributed by atoms with Gasteiger partial charge in [-0.15, -0.1) is 0 Å². The number of anilines is 1. The Labute approximate surface area is 131 Å². The van der Waals surface area contributed by atoms with Crippen LogP contribution in [0.15, 0.2) is 0 Å². The first-order chi connectivity index (χ1) is 10.1. The molecule has 2 unspecified atom stereocenters. The quantitative estimate of drug-likeness (QED) is 0.781. The zero-order valence-electron chi connectivity index (χ0n) is 13.1. The van der Waals surface area contributed by atoms with Crippen LogP contribution in [0.2, 0.25) is 5.15 Å². The topological polar surface area (TPSA) is 38.2 Å². The summed E-state index contributed by atoms with van der Waals surface area (Å²) >= 11 is 6.35. The summed E-state index contributed by atoms with van der Waals surface area (Å²) in [7, 11) is 0. The minimum absolute atomic E-state index is 0.282. The maximum atomic E-state index is 6.35. The molecule has 0 radical (unpaired) electrons. The number of aromatic nitrogens is 2. The second-order valence-corrected chi connectivity index (χ2v) is 6.79. The molecule has 1 aliphatic carbocycles. The minimum Gasteiger partial charge on any atom is -0.374 e. The summed E-state index contributed by atoms with van der Waals surface area (Å²) in [4.78, 5) is 11.7. The fourth-order valence-corrected chi connectivity index (χ4v) is 3.56. The first-order valence-corrected chi connectivity index (χ1v) is 8.38. The summed E-state index contributed by atoms with van der Waals surface area (Å²) in [5.74, 6) is 2.13. The molecular formula is C16H24ClN3O. The van der Waals surface area contributed by atoms with Gasteiger partial charge in [-0.25, -0.2) is 9.97 Å². The van der Waals surface area contributed by atoms with E-state index in [4.69, 9.17) is 21.3 Å². The van der Waals surface area contributed by atoms with Crippen LogP contribution >= 0.6 is 11.6 Å². The van der Waals surface area contributed by atoms with Crippen LogP contribution in [0.3, 0.4) is 0 Å². The Hall–Kier alpha value is -0.870. The van der Waals surface area contributed by atoms with Gasteiger partial charge in [-0.3, -0.25) is 0 Å². The molecular weight excluding hydrogens is 286 g/mol. The number of nitrogens with zero attached hydrogens (tertiary/aromatic N) is 3. The highest BCUT2D eigenvalue weighted by atomic mass is 35.5. The molecule has 0 amide bonds. The van der Waals surface area contributed by atoms with Gasteiger partial charge in [0.05, 0.1) is 18.8 Å². The molecule has 0 aromatic carbocycles. The van der Waals surface area contributed by atoms with Gasteiger partial charge in [0.25, 0.3) is 0 Å². The largest absolute Gasteiger partial charge is 0.374 e. The maximum absolute atomic E-state index is 6.35. The number of halogens is 1. The fourth-order valence-electron chi connectivity index (χ4n) is 3.39. The summed E-state index contributed by atoms with van der Waals surface area (Å²) in [6, 6.07) is 0.442. The highest BCUT2D eigenvalue weighted by Crippen LogP contribution is 2.34. The summed E-state index contributed by atoms with van der Waals surface area (Å²) in [6.07, 6.45) is 5.24. The molecule has 2 fully saturated rings. The molecule has 116 valence electrons. The van der Waals surface area contributed by atoms with Gasteiger partial charge in [0, 0.05) is 18.0 Å². The Bertz CT molecular complexity index is 518. The predicted octanol–water partition coefficient (Wildman–Crippen LogP) is 3.71. The highest BCUT2D eigenvalue weighted by molar-refractivity contribution is 6.30. The Morgan fingerprint density at radius 1 is 1.24 bits per heavy atom. The van der Waals surface area contributed by atoms with E-state index in [0.29, 0.717) is 17.3 Å². The van der Waals surface area contributed by atoms with Crippen LogP contribution in [-0.2, 0) is 4.74 Å². The summed E-state index contributed by atoms with van der Waals surface area (Å²) < 4.78 is 5.96. The summed E-state index contributed by atoms with van der Waals surface area (Å²) in [5, 5.41) is 0.586. The third-order valence-corrected chi connectivity index (χ3v) is 4.97. The summed E-state index contributed by atoms with van der Waals surface area (Å²) in [5.41, 5.74) is 0.993. The monoisotopic (exact) mass is 309 g/mol. The first kappa shape index (κ1) is 15.0. The van der Waals surface area contributed by atoms with Gasteiger partial charge < -0.3 is 9.64 Å². The van der Waals surface area contributed by atoms with Crippen molar-refractivity contribution in [2.45, 2.75) is 64.5 Å². The lowest BCUT2D eigenvalue weighted by molar-refractivity contribution is -0.00905. The second kappa shape index (κ2) is 6.09. The van der Waals surface area contributed by atoms with Crippen LogP contribution in [0.25, 0.3) is 0 Å². The zero-order valence-corrected chi connectivity index (χ0v) is 13.9. The molecule has 2 heterocycles. The van der Waals surface area contributed by atoms with Gasteiger partial charge in [0.15, 0.2) is 0 Å². The van der Waals surface area contributed by atoms with E-state index in [0.717, 1.165) is 36.8 Å². The van der Waals surface area contributed by atoms with E-state index in [1.165, 1.54) is 19.3 Å². The molecule has 2 atom stereocenters. The predicted molar refractivity (Wildman–Crippen MR) is 85.2 cm³/mol. The molecule has 1 aromatic heterocycles. The fraction of sp³-hybridized carbons (Fsp3) is 0.750. The van der Waals surface area contributed by atoms with Crippen molar-refractivity contribution in [3.8, 4) is 0 Å². The van der Waals surface area contributed by atoms with Crippen LogP contribution in [0.1, 0.15) is 56.8 Å². The Morgan fingerprint density at radius 3 is 2.76 bits per heavy atom. The number of hydrogen-bond donors (Lipinski definition) is 0. The third-order valence-electron chi connectivity index (χ3n) is 4.60. The van der Waals surface area contributed by atoms with Crippen LogP contribution in [0, 0.1) is 6.92 Å². The Kier molecular flexibility index (Phi) is 4.36. The van der Waals surface area contributed by atoms with Crippen LogP contribution in [-0.4, -0.2) is 35.3 Å². The highest BCUT2D eigenvalue weighted by Gasteiger charge is 2.36. The Balaban J connectivity index is 1.98. The van der Waals surface area contributed by atoms with Gasteiger partial charge in [-0.2, -0.15) is 0 Å². The van der Waals surface area contributed by atoms with Crippen molar-refractivity contribution in [2.24, 2.45) is 0 Å². The zero-order chi connectivity index (χ0) is 15.0. The number of hydrogen-bond acceptors (Lipinski definition) is 4. The van der Waals surface area contributed by atoms with Gasteiger partial charge in [-0.05, 0) is 19.8 Å². The second-order valence-electron chi connectivity index (χ2n) is 6.43. The van der Waals surface area contributed by atoms with Crippen molar-refractivity contribution >= 4 is 17.4 Å². The van der Waals surface area contributed by atoms with Crippen molar-refractivity contribution in [1.29, 1.82) is 0 Å². The molecule has 0 spiro atoms. The van der Waals surface area contributed by atoms with Crippen molar-refractivity contribution in [2.75, 3.05) is 18.1 Å². The molecule has 1 aromatic rings. The smallest absolute Gasteiger partial charge is 0.137 e. The Morgan fingerprint density at radius 2 is 2.00 bits per heavy atom. The van der Waals surface area contributed by atoms with E-state index in [1.807, 2.05) is 6.92 Å². The molecule has 0 bridgehead atoms. The van der Waals surface area contributed by atoms with Crippen molar-refractivity contribution in [3.63, 3.8) is 0 Å². The van der Waals surface area contributed by atoms with Gasteiger partial charge >= 0.3 is 0 Å².